The van der Waals surface area contributed by atoms with Crippen LogP contribution < -0.4 is 4.72 Å². The summed E-state index contributed by atoms with van der Waals surface area (Å²) < 4.78 is 24.4. The summed E-state index contributed by atoms with van der Waals surface area (Å²) in [5.41, 5.74) is 0.0419. The van der Waals surface area contributed by atoms with Crippen molar-refractivity contribution >= 4 is 22.2 Å². The fraction of sp³-hybridized carbons (Fsp3) is 0.100. The van der Waals surface area contributed by atoms with E-state index < -0.39 is 10.0 Å². The van der Waals surface area contributed by atoms with Crippen LogP contribution in [0.1, 0.15) is 17.3 Å². The minimum atomic E-state index is -3.98. The maximum Gasteiger partial charge on any atom is 0.235 e. The SMILES string of the molecule is CC(=O)c1ccccc1S(=O)(=O)N[C-]=O.[CH3-].[Y]. The Bertz CT molecular complexity index is 499. The van der Waals surface area contributed by atoms with Crippen molar-refractivity contribution in [3.05, 3.63) is 37.3 Å². The van der Waals surface area contributed by atoms with Crippen molar-refractivity contribution in [1.29, 1.82) is 0 Å². The van der Waals surface area contributed by atoms with E-state index in [9.17, 15) is 18.0 Å². The first-order valence-electron chi connectivity index (χ1n) is 3.98. The van der Waals surface area contributed by atoms with Crippen LogP contribution in [0.3, 0.4) is 0 Å². The number of carbonyl (C=O) groups excluding carboxylic acids is 2. The molecule has 1 aromatic carbocycles. The van der Waals surface area contributed by atoms with Gasteiger partial charge >= 0.3 is 0 Å². The molecular formula is C10H11NO4SY-2. The van der Waals surface area contributed by atoms with Crippen molar-refractivity contribution in [3.8, 4) is 0 Å². The zero-order chi connectivity index (χ0) is 11.5. The molecule has 0 spiro atoms. The Morgan fingerprint density at radius 3 is 2.29 bits per heavy atom. The number of rotatable bonds is 4. The minimum Gasteiger partial charge on any atom is -0.519 e. The van der Waals surface area contributed by atoms with Crippen LogP contribution in [0.15, 0.2) is 29.2 Å². The smallest absolute Gasteiger partial charge is 0.235 e. The van der Waals surface area contributed by atoms with Crippen LogP contribution in [0.25, 0.3) is 0 Å². The van der Waals surface area contributed by atoms with Gasteiger partial charge in [-0.3, -0.25) is 4.79 Å². The molecule has 0 fully saturated rings. The molecule has 1 amide bonds. The first-order chi connectivity index (χ1) is 6.99. The molecule has 1 rings (SSSR count). The number of hydrogen-bond donors (Lipinski definition) is 1. The number of hydrogen-bond acceptors (Lipinski definition) is 4. The second-order valence-corrected chi connectivity index (χ2v) is 4.41. The first-order valence-corrected chi connectivity index (χ1v) is 5.46. The number of benzene rings is 1. The standard InChI is InChI=1S/C9H8NO4S.CH3.Y/c1-7(12)8-4-2-3-5-9(8)15(13,14)10-6-11;;/h2-5H,1H3,(H,10,11);1H3;/q2*-1;. The molecule has 0 aliphatic carbocycles. The molecule has 1 N–H and O–H groups in total. The van der Waals surface area contributed by atoms with E-state index in [0.29, 0.717) is 0 Å². The summed E-state index contributed by atoms with van der Waals surface area (Å²) >= 11 is 0. The second-order valence-electron chi connectivity index (χ2n) is 2.76. The quantitative estimate of drug-likeness (QED) is 0.500. The Morgan fingerprint density at radius 2 is 1.82 bits per heavy atom. The van der Waals surface area contributed by atoms with Crippen LogP contribution in [0.5, 0.6) is 0 Å². The predicted octanol–water partition coefficient (Wildman–Crippen LogP) is 0.682. The van der Waals surface area contributed by atoms with Gasteiger partial charge in [-0.05, 0) is 13.0 Å². The van der Waals surface area contributed by atoms with Crippen molar-refractivity contribution in [2.24, 2.45) is 0 Å². The van der Waals surface area contributed by atoms with E-state index in [0.717, 1.165) is 6.41 Å². The summed E-state index contributed by atoms with van der Waals surface area (Å²) in [6, 6.07) is 5.63. The zero-order valence-electron chi connectivity index (χ0n) is 9.43. The molecule has 0 atom stereocenters. The average molecular weight is 330 g/mol. The summed E-state index contributed by atoms with van der Waals surface area (Å²) in [4.78, 5) is 20.9. The van der Waals surface area contributed by atoms with Crippen LogP contribution in [0.4, 0.5) is 0 Å². The van der Waals surface area contributed by atoms with E-state index in [1.165, 1.54) is 25.1 Å². The Morgan fingerprint density at radius 1 is 1.29 bits per heavy atom. The van der Waals surface area contributed by atoms with Gasteiger partial charge in [0.05, 0.1) is 4.90 Å². The summed E-state index contributed by atoms with van der Waals surface area (Å²) in [6.07, 6.45) is 1.07. The van der Waals surface area contributed by atoms with Gasteiger partial charge in [0.1, 0.15) is 0 Å². The molecule has 7 heteroatoms. The number of sulfonamides is 1. The van der Waals surface area contributed by atoms with Crippen molar-refractivity contribution in [2.75, 3.05) is 0 Å². The van der Waals surface area contributed by atoms with Gasteiger partial charge in [0.25, 0.3) is 0 Å². The Hall–Kier alpha value is -0.586. The van der Waals surface area contributed by atoms with Crippen molar-refractivity contribution in [2.45, 2.75) is 11.8 Å². The predicted molar refractivity (Wildman–Crippen MR) is 58.9 cm³/mol. The Balaban J connectivity index is 0. The van der Waals surface area contributed by atoms with Crippen LogP contribution in [0.2, 0.25) is 0 Å². The number of ketones is 1. The van der Waals surface area contributed by atoms with Gasteiger partial charge in [0.2, 0.25) is 10.0 Å². The van der Waals surface area contributed by atoms with Crippen molar-refractivity contribution in [3.63, 3.8) is 0 Å². The second kappa shape index (κ2) is 7.68. The maximum atomic E-state index is 11.4. The number of amides is 1. The van der Waals surface area contributed by atoms with Crippen LogP contribution in [0, 0.1) is 7.43 Å². The summed E-state index contributed by atoms with van der Waals surface area (Å²) in [5, 5.41) is 0. The summed E-state index contributed by atoms with van der Waals surface area (Å²) in [7, 11) is -3.98. The maximum absolute atomic E-state index is 11.4. The van der Waals surface area contributed by atoms with Gasteiger partial charge < -0.3 is 16.9 Å². The van der Waals surface area contributed by atoms with Crippen molar-refractivity contribution < 1.29 is 50.7 Å². The van der Waals surface area contributed by atoms with Gasteiger partial charge in [-0.1, -0.05) is 18.2 Å². The Labute approximate surface area is 126 Å². The summed E-state index contributed by atoms with van der Waals surface area (Å²) in [6.45, 7) is 1.25. The molecule has 17 heavy (non-hydrogen) atoms. The van der Waals surface area contributed by atoms with Crippen LogP contribution >= 0.6 is 0 Å². The number of nitrogens with one attached hydrogen (secondary N) is 1. The summed E-state index contributed by atoms with van der Waals surface area (Å²) in [5.74, 6) is -0.387. The third kappa shape index (κ3) is 4.65. The first kappa shape index (κ1) is 18.8. The monoisotopic (exact) mass is 330 g/mol. The molecule has 0 aromatic heterocycles. The largest absolute Gasteiger partial charge is 0.519 e. The van der Waals surface area contributed by atoms with Gasteiger partial charge in [0, 0.05) is 38.3 Å². The third-order valence-electron chi connectivity index (χ3n) is 1.73. The van der Waals surface area contributed by atoms with E-state index >= 15 is 0 Å². The molecule has 0 saturated heterocycles. The number of Topliss-reactive ketones (excluding diaryl/α,β-unsaturated/α-hetero) is 1. The molecule has 0 heterocycles. The molecule has 0 aliphatic heterocycles. The third-order valence-corrected chi connectivity index (χ3v) is 3.02. The molecule has 91 valence electrons. The van der Waals surface area contributed by atoms with E-state index in [4.69, 9.17) is 0 Å². The molecule has 0 saturated carbocycles. The van der Waals surface area contributed by atoms with E-state index in [1.54, 1.807) is 10.8 Å². The van der Waals surface area contributed by atoms with E-state index in [2.05, 4.69) is 0 Å². The topological polar surface area (TPSA) is 80.3 Å². The van der Waals surface area contributed by atoms with Crippen LogP contribution in [-0.4, -0.2) is 20.6 Å². The molecule has 1 aromatic rings. The van der Waals surface area contributed by atoms with Gasteiger partial charge in [-0.15, -0.1) is 0 Å². The Kier molecular flexibility index (Phi) is 8.48. The average Bonchev–Trinajstić information content (AvgIpc) is 2.17. The van der Waals surface area contributed by atoms with E-state index in [-0.39, 0.29) is 56.4 Å². The molecular weight excluding hydrogens is 319 g/mol. The van der Waals surface area contributed by atoms with Gasteiger partial charge in [-0.2, -0.15) is 6.41 Å². The van der Waals surface area contributed by atoms with Crippen LogP contribution in [-0.2, 0) is 47.5 Å². The molecule has 1 radical (unpaired) electrons. The van der Waals surface area contributed by atoms with Gasteiger partial charge in [-0.25, -0.2) is 8.42 Å². The fourth-order valence-corrected chi connectivity index (χ4v) is 2.08. The van der Waals surface area contributed by atoms with E-state index in [1.807, 2.05) is 0 Å². The minimum absolute atomic E-state index is 0. The molecule has 0 aliphatic rings. The molecule has 0 unspecified atom stereocenters. The normalized spacial score (nSPS) is 9.47. The number of carbonyl (C=O) groups is 1. The van der Waals surface area contributed by atoms with Crippen molar-refractivity contribution in [1.82, 2.24) is 4.72 Å². The zero-order valence-corrected chi connectivity index (χ0v) is 13.1. The fourth-order valence-electron chi connectivity index (χ4n) is 1.10. The van der Waals surface area contributed by atoms with Gasteiger partial charge in [0.15, 0.2) is 5.78 Å². The molecule has 0 bridgehead atoms. The molecule has 5 nitrogen and oxygen atoms in total.